The number of hydrogen-bond donors (Lipinski definition) is 1. The summed E-state index contributed by atoms with van der Waals surface area (Å²) in [6.07, 6.45) is 3.13. The van der Waals surface area contributed by atoms with Gasteiger partial charge in [0.05, 0.1) is 51.4 Å². The lowest BCUT2D eigenvalue weighted by atomic mass is 10.2. The van der Waals surface area contributed by atoms with Crippen LogP contribution in [0, 0.1) is 5.82 Å². The van der Waals surface area contributed by atoms with Crippen LogP contribution in [0.2, 0.25) is 0 Å². The molecular weight excluding hydrogens is 681 g/mol. The average molecular weight is 707 g/mol. The van der Waals surface area contributed by atoms with Gasteiger partial charge < -0.3 is 14.8 Å². The molecule has 0 fully saturated rings. The number of anilines is 2. The van der Waals surface area contributed by atoms with Crippen LogP contribution in [0.3, 0.4) is 0 Å². The summed E-state index contributed by atoms with van der Waals surface area (Å²) in [5, 5.41) is 6.67. The third kappa shape index (κ3) is 7.68. The Kier molecular flexibility index (Phi) is 9.40. The minimum absolute atomic E-state index is 0.0585. The number of fused-ring (bicyclic) bond motifs is 1. The van der Waals surface area contributed by atoms with Gasteiger partial charge in [-0.15, -0.1) is 11.3 Å². The van der Waals surface area contributed by atoms with Gasteiger partial charge in [0.2, 0.25) is 0 Å². The maximum absolute atomic E-state index is 13.5. The van der Waals surface area contributed by atoms with Crippen LogP contribution in [0.1, 0.15) is 10.6 Å². The Morgan fingerprint density at radius 2 is 1.78 bits per heavy atom. The molecule has 45 heavy (non-hydrogen) atoms. The van der Waals surface area contributed by atoms with Crippen LogP contribution in [0.4, 0.5) is 15.9 Å². The van der Waals surface area contributed by atoms with E-state index in [4.69, 9.17) is 9.47 Å². The second kappa shape index (κ2) is 13.8. The fourth-order valence-electron chi connectivity index (χ4n) is 4.39. The number of hydrogen-bond acceptors (Lipinski definition) is 10. The number of pyridine rings is 1. The first kappa shape index (κ1) is 30.7. The van der Waals surface area contributed by atoms with E-state index in [1.165, 1.54) is 29.8 Å². The second-order valence-electron chi connectivity index (χ2n) is 9.81. The molecule has 0 saturated carbocycles. The number of benzene rings is 3. The van der Waals surface area contributed by atoms with Crippen molar-refractivity contribution in [1.29, 1.82) is 0 Å². The molecule has 0 saturated heterocycles. The molecule has 0 aliphatic heterocycles. The van der Waals surface area contributed by atoms with E-state index in [1.807, 2.05) is 29.6 Å². The van der Waals surface area contributed by atoms with E-state index in [2.05, 4.69) is 41.2 Å². The number of nitrogens with one attached hydrogen (secondary N) is 1. The zero-order chi connectivity index (χ0) is 31.2. The quantitative estimate of drug-likeness (QED) is 0.130. The Bertz CT molecular complexity index is 2060. The number of rotatable bonds is 12. The molecule has 228 valence electrons. The molecular formula is C32H25BrFN5O4S2. The number of halogens is 2. The maximum Gasteiger partial charge on any atom is 0.180 e. The minimum Gasteiger partial charge on any atom is -0.488 e. The highest BCUT2D eigenvalue weighted by Gasteiger charge is 2.15. The van der Waals surface area contributed by atoms with Crippen molar-refractivity contribution in [3.05, 3.63) is 118 Å². The van der Waals surface area contributed by atoms with Gasteiger partial charge in [-0.2, -0.15) is 0 Å². The van der Waals surface area contributed by atoms with E-state index in [1.54, 1.807) is 48.7 Å². The van der Waals surface area contributed by atoms with Gasteiger partial charge in [-0.05, 0) is 70.0 Å². The normalized spacial score (nSPS) is 11.5. The number of nitrogens with zero attached hydrogens (tertiary/aromatic N) is 4. The van der Waals surface area contributed by atoms with E-state index < -0.39 is 9.84 Å². The van der Waals surface area contributed by atoms with Gasteiger partial charge in [0.25, 0.3) is 0 Å². The monoisotopic (exact) mass is 705 g/mol. The van der Waals surface area contributed by atoms with Gasteiger partial charge >= 0.3 is 0 Å². The summed E-state index contributed by atoms with van der Waals surface area (Å²) in [4.78, 5) is 18.3. The van der Waals surface area contributed by atoms with E-state index in [0.717, 1.165) is 21.1 Å². The molecule has 0 bridgehead atoms. The zero-order valence-corrected chi connectivity index (χ0v) is 26.8. The molecule has 13 heteroatoms. The smallest absolute Gasteiger partial charge is 0.180 e. The van der Waals surface area contributed by atoms with Crippen LogP contribution < -0.4 is 10.1 Å². The van der Waals surface area contributed by atoms with Crippen molar-refractivity contribution in [3.8, 4) is 17.1 Å². The highest BCUT2D eigenvalue weighted by molar-refractivity contribution is 9.10. The molecule has 0 aliphatic rings. The predicted octanol–water partition coefficient (Wildman–Crippen LogP) is 7.36. The summed E-state index contributed by atoms with van der Waals surface area (Å²) in [6.45, 7) is 0.481. The number of ether oxygens (including phenoxy) is 2. The molecule has 6 aromatic rings. The van der Waals surface area contributed by atoms with E-state index >= 15 is 0 Å². The van der Waals surface area contributed by atoms with Crippen molar-refractivity contribution >= 4 is 59.5 Å². The minimum atomic E-state index is -3.41. The van der Waals surface area contributed by atoms with E-state index in [0.29, 0.717) is 33.5 Å². The average Bonchev–Trinajstić information content (AvgIpc) is 3.52. The Balaban J connectivity index is 1.11. The topological polar surface area (TPSA) is 116 Å². The Labute approximate surface area is 271 Å². The van der Waals surface area contributed by atoms with Crippen LogP contribution in [0.5, 0.6) is 5.75 Å². The lowest BCUT2D eigenvalue weighted by molar-refractivity contribution is 0.135. The molecule has 0 aliphatic carbocycles. The van der Waals surface area contributed by atoms with Crippen LogP contribution in [0.15, 0.2) is 106 Å². The van der Waals surface area contributed by atoms with E-state index in [-0.39, 0.29) is 36.3 Å². The second-order valence-corrected chi connectivity index (χ2v) is 13.7. The zero-order valence-electron chi connectivity index (χ0n) is 23.6. The Hall–Kier alpha value is -4.30. The Morgan fingerprint density at radius 1 is 0.911 bits per heavy atom. The fourth-order valence-corrected chi connectivity index (χ4v) is 6.75. The first-order valence-corrected chi connectivity index (χ1v) is 17.0. The van der Waals surface area contributed by atoms with Crippen molar-refractivity contribution in [2.45, 2.75) is 18.1 Å². The van der Waals surface area contributed by atoms with E-state index in [9.17, 15) is 12.8 Å². The lowest BCUT2D eigenvalue weighted by Gasteiger charge is -2.12. The van der Waals surface area contributed by atoms with Gasteiger partial charge in [-0.1, -0.05) is 30.3 Å². The molecule has 6 rings (SSSR count). The van der Waals surface area contributed by atoms with Crippen LogP contribution in [-0.2, 0) is 27.8 Å². The first-order chi connectivity index (χ1) is 21.8. The van der Waals surface area contributed by atoms with Crippen molar-refractivity contribution in [3.63, 3.8) is 0 Å². The largest absolute Gasteiger partial charge is 0.488 e. The molecule has 9 nitrogen and oxygen atoms in total. The summed E-state index contributed by atoms with van der Waals surface area (Å²) >= 11 is 4.97. The molecule has 0 radical (unpaired) electrons. The van der Waals surface area contributed by atoms with Crippen LogP contribution >= 0.6 is 27.3 Å². The maximum atomic E-state index is 13.5. The summed E-state index contributed by atoms with van der Waals surface area (Å²) in [7, 11) is -3.41. The highest BCUT2D eigenvalue weighted by Crippen LogP contribution is 2.32. The van der Waals surface area contributed by atoms with Crippen molar-refractivity contribution in [1.82, 2.24) is 19.9 Å². The van der Waals surface area contributed by atoms with Crippen molar-refractivity contribution in [2.24, 2.45) is 0 Å². The molecule has 0 atom stereocenters. The molecule has 3 aromatic carbocycles. The van der Waals surface area contributed by atoms with Gasteiger partial charge in [0.1, 0.15) is 35.3 Å². The highest BCUT2D eigenvalue weighted by atomic mass is 79.9. The lowest BCUT2D eigenvalue weighted by Crippen LogP contribution is -2.12. The predicted molar refractivity (Wildman–Crippen MR) is 175 cm³/mol. The first-order valence-electron chi connectivity index (χ1n) is 13.7. The van der Waals surface area contributed by atoms with Gasteiger partial charge in [0.15, 0.2) is 9.84 Å². The van der Waals surface area contributed by atoms with Crippen molar-refractivity contribution in [2.75, 3.05) is 17.7 Å². The number of aromatic nitrogens is 4. The Morgan fingerprint density at radius 3 is 2.60 bits per heavy atom. The molecule has 3 heterocycles. The molecule has 0 spiro atoms. The molecule has 0 amide bonds. The summed E-state index contributed by atoms with van der Waals surface area (Å²) in [6, 6.07) is 22.0. The SMILES string of the molecule is O=S(=O)(CCOCc1nc(-c2cc3c(Nc4ccc(OCc5cccc(F)c5)c(Br)c4)ncnc3cn2)cs1)c1ccccc1. The van der Waals surface area contributed by atoms with Gasteiger partial charge in [-0.25, -0.2) is 27.8 Å². The molecule has 1 N–H and O–H groups in total. The fraction of sp³-hybridized carbons (Fsp3) is 0.125. The summed E-state index contributed by atoms with van der Waals surface area (Å²) < 4.78 is 50.6. The third-order valence-corrected chi connectivity index (χ3v) is 9.77. The molecule has 3 aromatic heterocycles. The van der Waals surface area contributed by atoms with Crippen LogP contribution in [0.25, 0.3) is 22.3 Å². The van der Waals surface area contributed by atoms with Crippen molar-refractivity contribution < 1.29 is 22.3 Å². The van der Waals surface area contributed by atoms with Gasteiger partial charge in [0, 0.05) is 16.5 Å². The number of sulfone groups is 1. The summed E-state index contributed by atoms with van der Waals surface area (Å²) in [5.41, 5.74) is 3.45. The number of thiazole rings is 1. The molecule has 0 unspecified atom stereocenters. The summed E-state index contributed by atoms with van der Waals surface area (Å²) in [5.74, 6) is 0.782. The standard InChI is InChI=1S/C32H25BrFN5O4S2/c33-26-14-23(9-10-30(26)43-17-21-5-4-6-22(34)13-21)38-32-25-15-27(35-16-28(25)36-20-37-32)29-19-44-31(39-29)18-42-11-12-45(40,41)24-7-2-1-3-8-24/h1-10,13-16,19-20H,11-12,17-18H2,(H,36,37,38). The third-order valence-electron chi connectivity index (χ3n) is 6.64. The van der Waals surface area contributed by atoms with Crippen LogP contribution in [-0.4, -0.2) is 40.7 Å². The van der Waals surface area contributed by atoms with Gasteiger partial charge in [-0.3, -0.25) is 4.98 Å².